The number of nitrogens with zero attached hydrogens (tertiary/aromatic N) is 3. The molecule has 0 bridgehead atoms. The number of halogens is 2. The van der Waals surface area contributed by atoms with Gasteiger partial charge in [-0.2, -0.15) is 5.10 Å². The summed E-state index contributed by atoms with van der Waals surface area (Å²) in [5, 5.41) is 15.6. The van der Waals surface area contributed by atoms with Crippen LogP contribution in [-0.2, 0) is 6.42 Å². The fraction of sp³-hybridized carbons (Fsp3) is 0.263. The van der Waals surface area contributed by atoms with Crippen molar-refractivity contribution in [3.05, 3.63) is 63.8 Å². The number of hydrogen-bond acceptors (Lipinski definition) is 4. The lowest BCUT2D eigenvalue weighted by atomic mass is 10.0. The third kappa shape index (κ3) is 3.43. The molecule has 0 saturated carbocycles. The lowest BCUT2D eigenvalue weighted by Crippen LogP contribution is -2.44. The van der Waals surface area contributed by atoms with Gasteiger partial charge in [-0.1, -0.05) is 53.5 Å². The molecule has 0 atom stereocenters. The first-order valence-corrected chi connectivity index (χ1v) is 9.12. The number of rotatable bonds is 3. The highest BCUT2D eigenvalue weighted by Gasteiger charge is 2.18. The monoisotopic (exact) mass is 372 g/mol. The van der Waals surface area contributed by atoms with E-state index in [1.165, 1.54) is 5.56 Å². The first kappa shape index (κ1) is 16.6. The molecule has 0 aliphatic carbocycles. The molecule has 4 nitrogen and oxygen atoms in total. The fourth-order valence-electron chi connectivity index (χ4n) is 3.22. The van der Waals surface area contributed by atoms with Crippen LogP contribution in [0.15, 0.2) is 42.5 Å². The van der Waals surface area contributed by atoms with Crippen LogP contribution in [0.2, 0.25) is 10.0 Å². The number of hydrogen-bond donors (Lipinski definition) is 1. The molecule has 2 aromatic carbocycles. The molecule has 2 heterocycles. The molecule has 0 amide bonds. The summed E-state index contributed by atoms with van der Waals surface area (Å²) < 4.78 is 0. The van der Waals surface area contributed by atoms with Gasteiger partial charge in [0.2, 0.25) is 0 Å². The van der Waals surface area contributed by atoms with E-state index in [9.17, 15) is 0 Å². The van der Waals surface area contributed by atoms with E-state index in [-0.39, 0.29) is 0 Å². The second kappa shape index (κ2) is 7.16. The Kier molecular flexibility index (Phi) is 4.75. The fourth-order valence-corrected chi connectivity index (χ4v) is 3.54. The highest BCUT2D eigenvalue weighted by atomic mass is 35.5. The van der Waals surface area contributed by atoms with Crippen molar-refractivity contribution in [2.24, 2.45) is 0 Å². The van der Waals surface area contributed by atoms with Crippen molar-refractivity contribution in [2.75, 3.05) is 31.1 Å². The molecule has 1 aliphatic rings. The Labute approximate surface area is 156 Å². The summed E-state index contributed by atoms with van der Waals surface area (Å²) in [4.78, 5) is 2.25. The number of nitrogens with one attached hydrogen (secondary N) is 1. The molecule has 0 spiro atoms. The molecule has 128 valence electrons. The summed E-state index contributed by atoms with van der Waals surface area (Å²) in [7, 11) is 0. The minimum atomic E-state index is 0.544. The van der Waals surface area contributed by atoms with Crippen LogP contribution in [0.5, 0.6) is 0 Å². The van der Waals surface area contributed by atoms with Gasteiger partial charge in [0.15, 0.2) is 5.82 Å². The number of fused-ring (bicyclic) bond motifs is 1. The lowest BCUT2D eigenvalue weighted by Gasteiger charge is -2.29. The Morgan fingerprint density at radius 3 is 2.32 bits per heavy atom. The van der Waals surface area contributed by atoms with Crippen molar-refractivity contribution in [2.45, 2.75) is 6.42 Å². The zero-order valence-corrected chi connectivity index (χ0v) is 15.2. The van der Waals surface area contributed by atoms with Crippen LogP contribution in [0.1, 0.15) is 11.3 Å². The molecule has 1 N–H and O–H groups in total. The van der Waals surface area contributed by atoms with Crippen molar-refractivity contribution >= 4 is 39.8 Å². The molecule has 3 aromatic rings. The average molecular weight is 373 g/mol. The highest BCUT2D eigenvalue weighted by molar-refractivity contribution is 6.43. The quantitative estimate of drug-likeness (QED) is 0.755. The maximum Gasteiger partial charge on any atom is 0.159 e. The van der Waals surface area contributed by atoms with Gasteiger partial charge in [-0.15, -0.1) is 5.10 Å². The largest absolute Gasteiger partial charge is 0.352 e. The Hall–Kier alpha value is -1.88. The minimum absolute atomic E-state index is 0.544. The molecule has 1 saturated heterocycles. The van der Waals surface area contributed by atoms with Crippen molar-refractivity contribution < 1.29 is 0 Å². The van der Waals surface area contributed by atoms with E-state index in [0.29, 0.717) is 16.5 Å². The van der Waals surface area contributed by atoms with Gasteiger partial charge in [0.05, 0.1) is 15.7 Å². The van der Waals surface area contributed by atoms with E-state index < -0.39 is 0 Å². The summed E-state index contributed by atoms with van der Waals surface area (Å²) in [6.45, 7) is 3.69. The normalized spacial score (nSPS) is 14.9. The topological polar surface area (TPSA) is 41.1 Å². The minimum Gasteiger partial charge on any atom is -0.352 e. The van der Waals surface area contributed by atoms with Gasteiger partial charge in [0, 0.05) is 43.4 Å². The van der Waals surface area contributed by atoms with E-state index in [0.717, 1.165) is 48.5 Å². The van der Waals surface area contributed by atoms with E-state index in [1.807, 2.05) is 30.3 Å². The SMILES string of the molecule is Clc1cc2c(Cc3ccccc3)nnc(N3CCNCC3)c2cc1Cl. The molecule has 4 rings (SSSR count). The van der Waals surface area contributed by atoms with Crippen molar-refractivity contribution in [1.29, 1.82) is 0 Å². The first-order valence-electron chi connectivity index (χ1n) is 8.36. The summed E-state index contributed by atoms with van der Waals surface area (Å²) in [5.41, 5.74) is 2.11. The van der Waals surface area contributed by atoms with Gasteiger partial charge in [-0.3, -0.25) is 0 Å². The second-order valence-corrected chi connectivity index (χ2v) is 7.00. The molecule has 6 heteroatoms. The van der Waals surface area contributed by atoms with E-state index in [1.54, 1.807) is 0 Å². The number of aromatic nitrogens is 2. The Bertz CT molecular complexity index is 893. The molecule has 1 aliphatic heterocycles. The smallest absolute Gasteiger partial charge is 0.159 e. The summed E-state index contributed by atoms with van der Waals surface area (Å²) in [5.74, 6) is 0.881. The second-order valence-electron chi connectivity index (χ2n) is 6.18. The Balaban J connectivity index is 1.83. The number of benzene rings is 2. The van der Waals surface area contributed by atoms with Crippen LogP contribution < -0.4 is 10.2 Å². The van der Waals surface area contributed by atoms with Gasteiger partial charge in [0.1, 0.15) is 0 Å². The first-order chi connectivity index (χ1) is 12.2. The molecule has 1 aromatic heterocycles. The van der Waals surface area contributed by atoms with Gasteiger partial charge >= 0.3 is 0 Å². The van der Waals surface area contributed by atoms with Crippen LogP contribution in [0, 0.1) is 0 Å². The zero-order chi connectivity index (χ0) is 17.2. The highest BCUT2D eigenvalue weighted by Crippen LogP contribution is 2.34. The predicted octanol–water partition coefficient (Wildman–Crippen LogP) is 3.94. The van der Waals surface area contributed by atoms with E-state index in [2.05, 4.69) is 32.5 Å². The maximum absolute atomic E-state index is 6.30. The number of anilines is 1. The number of piperazine rings is 1. The zero-order valence-electron chi connectivity index (χ0n) is 13.7. The van der Waals surface area contributed by atoms with Gasteiger partial charge in [-0.05, 0) is 17.7 Å². The molecule has 0 radical (unpaired) electrons. The maximum atomic E-state index is 6.30. The van der Waals surface area contributed by atoms with Gasteiger partial charge in [0.25, 0.3) is 0 Å². The summed E-state index contributed by atoms with van der Waals surface area (Å²) >= 11 is 12.6. The summed E-state index contributed by atoms with van der Waals surface area (Å²) in [6, 6.07) is 14.1. The predicted molar refractivity (Wildman–Crippen MR) is 104 cm³/mol. The Morgan fingerprint density at radius 2 is 1.60 bits per heavy atom. The lowest BCUT2D eigenvalue weighted by molar-refractivity contribution is 0.584. The molecule has 0 unspecified atom stereocenters. The van der Waals surface area contributed by atoms with Crippen LogP contribution in [0.4, 0.5) is 5.82 Å². The van der Waals surface area contributed by atoms with Crippen molar-refractivity contribution in [3.63, 3.8) is 0 Å². The van der Waals surface area contributed by atoms with E-state index in [4.69, 9.17) is 23.2 Å². The van der Waals surface area contributed by atoms with Gasteiger partial charge < -0.3 is 10.2 Å². The van der Waals surface area contributed by atoms with Crippen LogP contribution >= 0.6 is 23.2 Å². The third-order valence-corrected chi connectivity index (χ3v) is 5.23. The molecular weight excluding hydrogens is 355 g/mol. The third-order valence-electron chi connectivity index (χ3n) is 4.51. The van der Waals surface area contributed by atoms with Gasteiger partial charge in [-0.25, -0.2) is 0 Å². The molecule has 25 heavy (non-hydrogen) atoms. The molecular formula is C19H18Cl2N4. The van der Waals surface area contributed by atoms with Crippen LogP contribution in [0.25, 0.3) is 10.8 Å². The van der Waals surface area contributed by atoms with E-state index >= 15 is 0 Å². The van der Waals surface area contributed by atoms with Crippen molar-refractivity contribution in [1.82, 2.24) is 15.5 Å². The Morgan fingerprint density at radius 1 is 0.920 bits per heavy atom. The summed E-state index contributed by atoms with van der Waals surface area (Å²) in [6.07, 6.45) is 0.712. The van der Waals surface area contributed by atoms with Crippen LogP contribution in [0.3, 0.4) is 0 Å². The molecule has 1 fully saturated rings. The van der Waals surface area contributed by atoms with Crippen molar-refractivity contribution in [3.8, 4) is 0 Å². The van der Waals surface area contributed by atoms with Crippen LogP contribution in [-0.4, -0.2) is 36.4 Å². The average Bonchev–Trinajstić information content (AvgIpc) is 2.65. The standard InChI is InChI=1S/C19H18Cl2N4/c20-16-11-14-15(12-17(16)21)19(25-8-6-22-7-9-25)24-23-18(14)10-13-4-2-1-3-5-13/h1-5,11-12,22H,6-10H2.